The zero-order chi connectivity index (χ0) is 17.8. The van der Waals surface area contributed by atoms with E-state index in [4.69, 9.17) is 0 Å². The van der Waals surface area contributed by atoms with Gasteiger partial charge in [-0.25, -0.2) is 4.98 Å². The van der Waals surface area contributed by atoms with Crippen molar-refractivity contribution in [3.63, 3.8) is 0 Å². The van der Waals surface area contributed by atoms with Crippen molar-refractivity contribution in [3.8, 4) is 0 Å². The van der Waals surface area contributed by atoms with Gasteiger partial charge in [-0.15, -0.1) is 22.7 Å². The summed E-state index contributed by atoms with van der Waals surface area (Å²) in [5.74, 6) is -0.131. The summed E-state index contributed by atoms with van der Waals surface area (Å²) in [5, 5.41) is 12.6. The topological polar surface area (TPSA) is 59.8 Å². The maximum absolute atomic E-state index is 12.7. The van der Waals surface area contributed by atoms with Crippen LogP contribution in [0.4, 0.5) is 0 Å². The van der Waals surface area contributed by atoms with E-state index in [-0.39, 0.29) is 17.9 Å². The Balaban J connectivity index is 1.68. The van der Waals surface area contributed by atoms with E-state index in [0.29, 0.717) is 6.54 Å². The molecular formula is C18H22N4OS2. The summed E-state index contributed by atoms with van der Waals surface area (Å²) in [4.78, 5) is 18.4. The van der Waals surface area contributed by atoms with Crippen molar-refractivity contribution < 1.29 is 4.79 Å². The molecule has 2 atom stereocenters. The Kier molecular flexibility index (Phi) is 5.65. The molecule has 0 saturated heterocycles. The first-order chi connectivity index (χ1) is 12.0. The van der Waals surface area contributed by atoms with Gasteiger partial charge in [-0.3, -0.25) is 9.48 Å². The highest BCUT2D eigenvalue weighted by atomic mass is 32.1. The van der Waals surface area contributed by atoms with Gasteiger partial charge in [0.2, 0.25) is 5.91 Å². The Morgan fingerprint density at radius 1 is 1.32 bits per heavy atom. The van der Waals surface area contributed by atoms with Crippen LogP contribution in [0.1, 0.15) is 34.2 Å². The number of aryl methyl sites for hydroxylation is 2. The standard InChI is InChI=1S/C18H22N4OS2/c1-12(11-22-14(3)9-13(2)21-22)17(23)20-16(18-19-6-8-25-18)10-15-5-4-7-24-15/h4-9,12,16H,10-11H2,1-3H3,(H,20,23)/t12-,16-/m1/s1. The summed E-state index contributed by atoms with van der Waals surface area (Å²) >= 11 is 3.28. The monoisotopic (exact) mass is 374 g/mol. The normalized spacial score (nSPS) is 13.6. The summed E-state index contributed by atoms with van der Waals surface area (Å²) in [6.45, 7) is 6.50. The first-order valence-corrected chi connectivity index (χ1v) is 10.0. The molecule has 1 amide bonds. The highest BCUT2D eigenvalue weighted by Crippen LogP contribution is 2.23. The number of thiazole rings is 1. The molecule has 3 heterocycles. The lowest BCUT2D eigenvalue weighted by Crippen LogP contribution is -2.35. The third-order valence-electron chi connectivity index (χ3n) is 4.05. The predicted octanol–water partition coefficient (Wildman–Crippen LogP) is 3.75. The minimum atomic E-state index is -0.163. The molecule has 0 saturated carbocycles. The zero-order valence-corrected chi connectivity index (χ0v) is 16.2. The average Bonchev–Trinajstić information content (AvgIpc) is 3.30. The van der Waals surface area contributed by atoms with Crippen molar-refractivity contribution in [1.29, 1.82) is 0 Å². The van der Waals surface area contributed by atoms with Crippen LogP contribution < -0.4 is 5.32 Å². The molecule has 0 radical (unpaired) electrons. The maximum atomic E-state index is 12.7. The van der Waals surface area contributed by atoms with Crippen LogP contribution in [0.15, 0.2) is 35.2 Å². The van der Waals surface area contributed by atoms with Crippen molar-refractivity contribution in [2.24, 2.45) is 5.92 Å². The van der Waals surface area contributed by atoms with Gasteiger partial charge < -0.3 is 5.32 Å². The molecule has 0 aliphatic carbocycles. The van der Waals surface area contributed by atoms with Crippen LogP contribution in [-0.4, -0.2) is 20.7 Å². The number of aromatic nitrogens is 3. The van der Waals surface area contributed by atoms with Crippen LogP contribution in [0.3, 0.4) is 0 Å². The quantitative estimate of drug-likeness (QED) is 0.685. The van der Waals surface area contributed by atoms with Crippen LogP contribution in [0, 0.1) is 19.8 Å². The molecule has 0 fully saturated rings. The minimum Gasteiger partial charge on any atom is -0.346 e. The fourth-order valence-corrected chi connectivity index (χ4v) is 4.19. The molecule has 7 heteroatoms. The number of thiophene rings is 1. The molecule has 3 rings (SSSR count). The van der Waals surface area contributed by atoms with E-state index in [1.165, 1.54) is 4.88 Å². The Morgan fingerprint density at radius 3 is 2.76 bits per heavy atom. The summed E-state index contributed by atoms with van der Waals surface area (Å²) in [6, 6.07) is 6.07. The van der Waals surface area contributed by atoms with Gasteiger partial charge in [-0.05, 0) is 31.4 Å². The minimum absolute atomic E-state index is 0.0318. The molecule has 1 N–H and O–H groups in total. The summed E-state index contributed by atoms with van der Waals surface area (Å²) in [7, 11) is 0. The van der Waals surface area contributed by atoms with E-state index < -0.39 is 0 Å². The number of hydrogen-bond donors (Lipinski definition) is 1. The summed E-state index contributed by atoms with van der Waals surface area (Å²) in [5.41, 5.74) is 2.05. The van der Waals surface area contributed by atoms with Crippen molar-refractivity contribution in [1.82, 2.24) is 20.1 Å². The number of nitrogens with zero attached hydrogens (tertiary/aromatic N) is 3. The molecule has 5 nitrogen and oxygen atoms in total. The van der Waals surface area contributed by atoms with Crippen molar-refractivity contribution >= 4 is 28.6 Å². The summed E-state index contributed by atoms with van der Waals surface area (Å²) < 4.78 is 1.90. The summed E-state index contributed by atoms with van der Waals surface area (Å²) in [6.07, 6.45) is 2.55. The smallest absolute Gasteiger partial charge is 0.225 e. The lowest BCUT2D eigenvalue weighted by molar-refractivity contribution is -0.125. The number of rotatable bonds is 7. The molecule has 3 aromatic rings. The maximum Gasteiger partial charge on any atom is 0.225 e. The SMILES string of the molecule is Cc1cc(C)n(C[C@@H](C)C(=O)N[C@H](Cc2cccs2)c2nccs2)n1. The van der Waals surface area contributed by atoms with Crippen LogP contribution in [0.2, 0.25) is 0 Å². The molecule has 0 aromatic carbocycles. The van der Waals surface area contributed by atoms with E-state index in [0.717, 1.165) is 22.8 Å². The third-order valence-corrected chi connectivity index (χ3v) is 5.84. The lowest BCUT2D eigenvalue weighted by Gasteiger charge is -2.19. The fourth-order valence-electron chi connectivity index (χ4n) is 2.75. The van der Waals surface area contributed by atoms with Crippen LogP contribution >= 0.6 is 22.7 Å². The lowest BCUT2D eigenvalue weighted by atomic mass is 10.1. The molecule has 0 aliphatic heterocycles. The van der Waals surface area contributed by atoms with Crippen molar-refractivity contribution in [2.45, 2.75) is 39.8 Å². The number of carbonyl (C=O) groups excluding carboxylic acids is 1. The highest BCUT2D eigenvalue weighted by molar-refractivity contribution is 7.10. The van der Waals surface area contributed by atoms with Crippen molar-refractivity contribution in [3.05, 3.63) is 56.4 Å². The van der Waals surface area contributed by atoms with Gasteiger partial charge in [0, 0.05) is 28.6 Å². The molecule has 132 valence electrons. The van der Waals surface area contributed by atoms with Crippen LogP contribution in [-0.2, 0) is 17.8 Å². The van der Waals surface area contributed by atoms with E-state index in [1.807, 2.05) is 43.0 Å². The van der Waals surface area contributed by atoms with Gasteiger partial charge in [0.15, 0.2) is 0 Å². The zero-order valence-electron chi connectivity index (χ0n) is 14.6. The Morgan fingerprint density at radius 2 is 2.16 bits per heavy atom. The Hall–Kier alpha value is -1.99. The second-order valence-corrected chi connectivity index (χ2v) is 8.18. The van der Waals surface area contributed by atoms with Gasteiger partial charge in [0.05, 0.1) is 24.2 Å². The Bertz CT molecular complexity index is 808. The van der Waals surface area contributed by atoms with E-state index >= 15 is 0 Å². The molecular weight excluding hydrogens is 352 g/mol. The number of nitrogens with one attached hydrogen (secondary N) is 1. The molecule has 0 unspecified atom stereocenters. The van der Waals surface area contributed by atoms with Gasteiger partial charge in [-0.1, -0.05) is 13.0 Å². The second-order valence-electron chi connectivity index (χ2n) is 6.23. The first-order valence-electron chi connectivity index (χ1n) is 8.26. The van der Waals surface area contributed by atoms with E-state index in [9.17, 15) is 4.79 Å². The third kappa shape index (κ3) is 4.55. The van der Waals surface area contributed by atoms with Crippen LogP contribution in [0.25, 0.3) is 0 Å². The molecule has 25 heavy (non-hydrogen) atoms. The van der Waals surface area contributed by atoms with Gasteiger partial charge >= 0.3 is 0 Å². The van der Waals surface area contributed by atoms with Gasteiger partial charge in [0.1, 0.15) is 5.01 Å². The van der Waals surface area contributed by atoms with Crippen molar-refractivity contribution in [2.75, 3.05) is 0 Å². The predicted molar refractivity (Wildman–Crippen MR) is 102 cm³/mol. The van der Waals surface area contributed by atoms with Crippen LogP contribution in [0.5, 0.6) is 0 Å². The highest BCUT2D eigenvalue weighted by Gasteiger charge is 2.22. The molecule has 3 aromatic heterocycles. The average molecular weight is 375 g/mol. The van der Waals surface area contributed by atoms with E-state index in [1.54, 1.807) is 28.9 Å². The fraction of sp³-hybridized carbons (Fsp3) is 0.389. The number of hydrogen-bond acceptors (Lipinski definition) is 5. The first kappa shape index (κ1) is 17.8. The van der Waals surface area contributed by atoms with Gasteiger partial charge in [-0.2, -0.15) is 5.10 Å². The second kappa shape index (κ2) is 7.93. The number of carbonyl (C=O) groups is 1. The molecule has 0 aliphatic rings. The van der Waals surface area contributed by atoms with E-state index in [2.05, 4.69) is 26.8 Å². The van der Waals surface area contributed by atoms with Gasteiger partial charge in [0.25, 0.3) is 0 Å². The Labute approximate surface area is 155 Å². The molecule has 0 spiro atoms. The molecule has 0 bridgehead atoms. The largest absolute Gasteiger partial charge is 0.346 e. The number of amides is 1.